The number of carboxylic acid groups (broad SMARTS) is 1. The Balaban J connectivity index is 1.63. The van der Waals surface area contributed by atoms with Crippen molar-refractivity contribution >= 4 is 11.7 Å². The molecule has 0 spiro atoms. The quantitative estimate of drug-likeness (QED) is 0.787. The van der Waals surface area contributed by atoms with Gasteiger partial charge in [-0.1, -0.05) is 19.1 Å². The summed E-state index contributed by atoms with van der Waals surface area (Å²) in [5.41, 5.74) is 8.75. The Morgan fingerprint density at radius 2 is 1.92 bits per heavy atom. The lowest BCUT2D eigenvalue weighted by atomic mass is 10.0. The van der Waals surface area contributed by atoms with E-state index in [1.165, 1.54) is 6.07 Å². The molecule has 1 unspecified atom stereocenters. The number of anilines is 1. The molecule has 0 amide bonds. The molecule has 1 saturated heterocycles. The molecule has 2 heterocycles. The summed E-state index contributed by atoms with van der Waals surface area (Å²) in [7, 11) is 0. The van der Waals surface area contributed by atoms with Gasteiger partial charge in [0.05, 0.1) is 5.69 Å². The molecule has 0 radical (unpaired) electrons. The van der Waals surface area contributed by atoms with Crippen molar-refractivity contribution in [2.24, 2.45) is 17.6 Å². The predicted octanol–water partition coefficient (Wildman–Crippen LogP) is 1.70. The third-order valence-electron chi connectivity index (χ3n) is 5.52. The zero-order chi connectivity index (χ0) is 17.7. The van der Waals surface area contributed by atoms with E-state index in [-0.39, 0.29) is 5.56 Å². The maximum Gasteiger partial charge on any atom is 0.341 e. The first-order valence-electron chi connectivity index (χ1n) is 8.60. The number of nitrogens with zero attached hydrogens (tertiary/aromatic N) is 1. The molecule has 2 aliphatic rings. The van der Waals surface area contributed by atoms with Crippen LogP contribution in [0.5, 0.6) is 0 Å². The molecule has 1 aromatic heterocycles. The van der Waals surface area contributed by atoms with Crippen LogP contribution in [0.4, 0.5) is 5.69 Å². The van der Waals surface area contributed by atoms with Crippen molar-refractivity contribution in [3.63, 3.8) is 0 Å². The number of carbonyl (C=O) groups is 1. The van der Waals surface area contributed by atoms with E-state index in [1.807, 2.05) is 19.1 Å². The van der Waals surface area contributed by atoms with Gasteiger partial charge in [-0.2, -0.15) is 0 Å². The standard InChI is InChI=1S/C19H21N3O3/c1-2-10-7-13(19(24)25)18(23)21-17(10)11-3-5-12(6-4-11)22-8-14-15(9-22)16(14)20/h3-7,14-16H,2,8-9,20H2,1H3,(H,21,23)(H,24,25)/t14-,15+,16?. The lowest BCUT2D eigenvalue weighted by Gasteiger charge is -2.21. The summed E-state index contributed by atoms with van der Waals surface area (Å²) in [4.78, 5) is 28.2. The molecule has 4 N–H and O–H groups in total. The fourth-order valence-electron chi connectivity index (χ4n) is 3.89. The highest BCUT2D eigenvalue weighted by molar-refractivity contribution is 5.88. The molecule has 6 nitrogen and oxygen atoms in total. The summed E-state index contributed by atoms with van der Waals surface area (Å²) >= 11 is 0. The van der Waals surface area contributed by atoms with Crippen LogP contribution in [0.3, 0.4) is 0 Å². The van der Waals surface area contributed by atoms with Crippen LogP contribution in [-0.4, -0.2) is 35.2 Å². The van der Waals surface area contributed by atoms with E-state index in [0.717, 1.165) is 29.9 Å². The summed E-state index contributed by atoms with van der Waals surface area (Å²) in [6, 6.07) is 9.90. The summed E-state index contributed by atoms with van der Waals surface area (Å²) in [6.07, 6.45) is 0.640. The average molecular weight is 339 g/mol. The fraction of sp³-hybridized carbons (Fsp3) is 0.368. The number of nitrogens with two attached hydrogens (primary N) is 1. The molecule has 130 valence electrons. The van der Waals surface area contributed by atoms with Gasteiger partial charge in [0.25, 0.3) is 5.56 Å². The smallest absolute Gasteiger partial charge is 0.341 e. The zero-order valence-electron chi connectivity index (χ0n) is 14.0. The van der Waals surface area contributed by atoms with Crippen molar-refractivity contribution in [3.8, 4) is 11.3 Å². The van der Waals surface area contributed by atoms with Gasteiger partial charge in [0, 0.05) is 24.8 Å². The monoisotopic (exact) mass is 339 g/mol. The molecule has 2 aromatic rings. The number of aromatic nitrogens is 1. The Bertz CT molecular complexity index is 876. The predicted molar refractivity (Wildman–Crippen MR) is 96.0 cm³/mol. The van der Waals surface area contributed by atoms with Crippen LogP contribution < -0.4 is 16.2 Å². The molecule has 25 heavy (non-hydrogen) atoms. The number of rotatable bonds is 4. The number of hydrogen-bond donors (Lipinski definition) is 3. The first kappa shape index (κ1) is 15.9. The molecule has 1 saturated carbocycles. The summed E-state index contributed by atoms with van der Waals surface area (Å²) in [6.45, 7) is 3.96. The summed E-state index contributed by atoms with van der Waals surface area (Å²) in [5, 5.41) is 9.11. The SMILES string of the molecule is CCc1cc(C(=O)O)c(=O)[nH]c1-c1ccc(N2C[C@@H]3C(N)[C@@H]3C2)cc1. The van der Waals surface area contributed by atoms with Crippen molar-refractivity contribution in [2.45, 2.75) is 19.4 Å². The van der Waals surface area contributed by atoms with Crippen LogP contribution in [-0.2, 0) is 6.42 Å². The Hall–Kier alpha value is -2.60. The Labute approximate surface area is 145 Å². The topological polar surface area (TPSA) is 99.4 Å². The van der Waals surface area contributed by atoms with E-state index in [9.17, 15) is 9.59 Å². The van der Waals surface area contributed by atoms with Gasteiger partial charge in [0.1, 0.15) is 5.56 Å². The minimum absolute atomic E-state index is 0.218. The summed E-state index contributed by atoms with van der Waals surface area (Å²) < 4.78 is 0. The molecule has 1 aliphatic carbocycles. The van der Waals surface area contributed by atoms with Crippen LogP contribution in [0.1, 0.15) is 22.8 Å². The van der Waals surface area contributed by atoms with E-state index in [1.54, 1.807) is 0 Å². The van der Waals surface area contributed by atoms with Gasteiger partial charge >= 0.3 is 5.97 Å². The summed E-state index contributed by atoms with van der Waals surface area (Å²) in [5.74, 6) is 0.0567. The number of hydrogen-bond acceptors (Lipinski definition) is 4. The van der Waals surface area contributed by atoms with Gasteiger partial charge in [0.2, 0.25) is 0 Å². The van der Waals surface area contributed by atoms with Gasteiger partial charge in [-0.05, 0) is 47.6 Å². The Kier molecular flexibility index (Phi) is 3.65. The second-order valence-corrected chi connectivity index (χ2v) is 6.93. The highest BCUT2D eigenvalue weighted by Crippen LogP contribution is 2.45. The third kappa shape index (κ3) is 2.62. The maximum atomic E-state index is 12.0. The van der Waals surface area contributed by atoms with Crippen LogP contribution >= 0.6 is 0 Å². The minimum atomic E-state index is -1.20. The molecule has 6 heteroatoms. The fourth-order valence-corrected chi connectivity index (χ4v) is 3.89. The lowest BCUT2D eigenvalue weighted by Crippen LogP contribution is -2.27. The van der Waals surface area contributed by atoms with E-state index in [0.29, 0.717) is 30.0 Å². The van der Waals surface area contributed by atoms with Gasteiger partial charge in [-0.3, -0.25) is 4.79 Å². The number of nitrogens with one attached hydrogen (secondary N) is 1. The van der Waals surface area contributed by atoms with Gasteiger partial charge in [0.15, 0.2) is 0 Å². The molecule has 1 aromatic carbocycles. The first-order chi connectivity index (χ1) is 12.0. The number of H-pyrrole nitrogens is 1. The number of benzene rings is 1. The van der Waals surface area contributed by atoms with Crippen LogP contribution in [0, 0.1) is 11.8 Å². The molecule has 0 bridgehead atoms. The number of piperidine rings is 1. The van der Waals surface area contributed by atoms with Crippen molar-refractivity contribution in [2.75, 3.05) is 18.0 Å². The number of fused-ring (bicyclic) bond motifs is 1. The van der Waals surface area contributed by atoms with Gasteiger partial charge in [-0.25, -0.2) is 4.79 Å². The molecule has 3 atom stereocenters. The molecule has 2 fully saturated rings. The van der Waals surface area contributed by atoms with E-state index in [2.05, 4.69) is 22.0 Å². The third-order valence-corrected chi connectivity index (χ3v) is 5.52. The molecule has 4 rings (SSSR count). The largest absolute Gasteiger partial charge is 0.477 e. The number of carboxylic acids is 1. The van der Waals surface area contributed by atoms with Crippen LogP contribution in [0.25, 0.3) is 11.3 Å². The van der Waals surface area contributed by atoms with Crippen molar-refractivity contribution in [3.05, 3.63) is 51.8 Å². The maximum absolute atomic E-state index is 12.0. The van der Waals surface area contributed by atoms with E-state index >= 15 is 0 Å². The number of aryl methyl sites for hydroxylation is 1. The Morgan fingerprint density at radius 1 is 1.28 bits per heavy atom. The van der Waals surface area contributed by atoms with E-state index < -0.39 is 11.5 Å². The Morgan fingerprint density at radius 3 is 2.48 bits per heavy atom. The number of aromatic amines is 1. The highest BCUT2D eigenvalue weighted by atomic mass is 16.4. The second kappa shape index (κ2) is 5.74. The normalized spacial score (nSPS) is 24.2. The number of pyridine rings is 1. The first-order valence-corrected chi connectivity index (χ1v) is 8.60. The zero-order valence-corrected chi connectivity index (χ0v) is 14.0. The van der Waals surface area contributed by atoms with Crippen molar-refractivity contribution < 1.29 is 9.90 Å². The van der Waals surface area contributed by atoms with Crippen LogP contribution in [0.15, 0.2) is 35.1 Å². The second-order valence-electron chi connectivity index (χ2n) is 6.93. The molecular formula is C19H21N3O3. The van der Waals surface area contributed by atoms with Gasteiger partial charge < -0.3 is 20.7 Å². The van der Waals surface area contributed by atoms with Crippen molar-refractivity contribution in [1.82, 2.24) is 4.98 Å². The minimum Gasteiger partial charge on any atom is -0.477 e. The lowest BCUT2D eigenvalue weighted by molar-refractivity contribution is 0.0695. The average Bonchev–Trinajstić information content (AvgIpc) is 3.02. The number of aromatic carboxylic acids is 1. The van der Waals surface area contributed by atoms with Crippen LogP contribution in [0.2, 0.25) is 0 Å². The highest BCUT2D eigenvalue weighted by Gasteiger charge is 2.53. The molecular weight excluding hydrogens is 318 g/mol. The van der Waals surface area contributed by atoms with Crippen molar-refractivity contribution in [1.29, 1.82) is 0 Å². The van der Waals surface area contributed by atoms with Gasteiger partial charge in [-0.15, -0.1) is 0 Å². The van der Waals surface area contributed by atoms with E-state index in [4.69, 9.17) is 10.8 Å². The molecule has 1 aliphatic heterocycles.